The van der Waals surface area contributed by atoms with E-state index in [-0.39, 0.29) is 31.7 Å². The smallest absolute Gasteiger partial charge is 0.394 e. The van der Waals surface area contributed by atoms with E-state index in [2.05, 4.69) is 9.72 Å². The zero-order chi connectivity index (χ0) is 11.5. The molecule has 0 unspecified atom stereocenters. The van der Waals surface area contributed by atoms with Gasteiger partial charge in [0, 0.05) is 26.6 Å². The standard InChI is InChI=1S/C9H8F3NO2.Pd/c1-15-8(14)6-2-3-13-7(4-6)5-9(10,11)12;/h2-4H,5H2,1H3;. The van der Waals surface area contributed by atoms with Crippen molar-refractivity contribution in [3.8, 4) is 0 Å². The van der Waals surface area contributed by atoms with E-state index < -0.39 is 18.6 Å². The number of alkyl halides is 3. The summed E-state index contributed by atoms with van der Waals surface area (Å²) in [6.07, 6.45) is -4.34. The summed E-state index contributed by atoms with van der Waals surface area (Å²) in [5.74, 6) is -0.680. The zero-order valence-electron chi connectivity index (χ0n) is 8.15. The quantitative estimate of drug-likeness (QED) is 0.616. The average Bonchev–Trinajstić information content (AvgIpc) is 2.14. The van der Waals surface area contributed by atoms with Crippen LogP contribution in [0.1, 0.15) is 16.1 Å². The molecule has 0 N–H and O–H groups in total. The number of carbonyl (C=O) groups is 1. The minimum atomic E-state index is -4.33. The second-order valence-corrected chi connectivity index (χ2v) is 2.82. The molecule has 0 spiro atoms. The van der Waals surface area contributed by atoms with Crippen molar-refractivity contribution in [3.63, 3.8) is 0 Å². The van der Waals surface area contributed by atoms with Gasteiger partial charge >= 0.3 is 12.1 Å². The molecule has 0 fully saturated rings. The van der Waals surface area contributed by atoms with Gasteiger partial charge in [-0.1, -0.05) is 0 Å². The van der Waals surface area contributed by atoms with Crippen molar-refractivity contribution >= 4 is 5.97 Å². The maximum Gasteiger partial charge on any atom is 0.394 e. The van der Waals surface area contributed by atoms with E-state index in [1.165, 1.54) is 6.07 Å². The third-order valence-corrected chi connectivity index (χ3v) is 1.62. The maximum atomic E-state index is 12.0. The summed E-state index contributed by atoms with van der Waals surface area (Å²) in [6.45, 7) is 0. The van der Waals surface area contributed by atoms with Crippen LogP contribution in [-0.4, -0.2) is 24.2 Å². The van der Waals surface area contributed by atoms with Gasteiger partial charge in [-0.3, -0.25) is 4.98 Å². The fourth-order valence-corrected chi connectivity index (χ4v) is 1.03. The minimum Gasteiger partial charge on any atom is -0.465 e. The van der Waals surface area contributed by atoms with Crippen LogP contribution in [0.25, 0.3) is 0 Å². The van der Waals surface area contributed by atoms with Crippen LogP contribution in [0.15, 0.2) is 18.3 Å². The van der Waals surface area contributed by atoms with Crippen molar-refractivity contribution in [2.75, 3.05) is 7.11 Å². The van der Waals surface area contributed by atoms with E-state index in [0.29, 0.717) is 0 Å². The molecule has 0 bridgehead atoms. The number of methoxy groups -OCH3 is 1. The van der Waals surface area contributed by atoms with Crippen LogP contribution in [0.2, 0.25) is 0 Å². The zero-order valence-corrected chi connectivity index (χ0v) is 9.71. The first-order valence-corrected chi connectivity index (χ1v) is 4.02. The fraction of sp³-hybridized carbons (Fsp3) is 0.333. The predicted molar refractivity (Wildman–Crippen MR) is 45.3 cm³/mol. The van der Waals surface area contributed by atoms with E-state index >= 15 is 0 Å². The largest absolute Gasteiger partial charge is 0.465 e. The molecule has 1 aromatic rings. The van der Waals surface area contributed by atoms with E-state index in [1.54, 1.807) is 0 Å². The van der Waals surface area contributed by atoms with Gasteiger partial charge < -0.3 is 4.74 Å². The molecule has 16 heavy (non-hydrogen) atoms. The number of ether oxygens (including phenoxy) is 1. The molecule has 0 aliphatic rings. The monoisotopic (exact) mass is 325 g/mol. The second-order valence-electron chi connectivity index (χ2n) is 2.82. The molecule has 0 aliphatic carbocycles. The molecule has 92 valence electrons. The number of carbonyl (C=O) groups excluding carboxylic acids is 1. The summed E-state index contributed by atoms with van der Waals surface area (Å²) in [5.41, 5.74) is -0.142. The molecular weight excluding hydrogens is 318 g/mol. The third-order valence-electron chi connectivity index (χ3n) is 1.62. The third kappa shape index (κ3) is 4.73. The van der Waals surface area contributed by atoms with Gasteiger partial charge in [0.25, 0.3) is 0 Å². The van der Waals surface area contributed by atoms with Gasteiger partial charge in [-0.15, -0.1) is 0 Å². The molecule has 0 atom stereocenters. The topological polar surface area (TPSA) is 39.2 Å². The fourth-order valence-electron chi connectivity index (χ4n) is 1.03. The average molecular weight is 326 g/mol. The van der Waals surface area contributed by atoms with E-state index in [1.807, 2.05) is 0 Å². The first-order valence-electron chi connectivity index (χ1n) is 4.02. The molecule has 1 rings (SSSR count). The normalized spacial score (nSPS) is 10.5. The Bertz CT molecular complexity index is 368. The van der Waals surface area contributed by atoms with Gasteiger partial charge in [-0.25, -0.2) is 4.79 Å². The number of nitrogens with zero attached hydrogens (tertiary/aromatic N) is 1. The Kier molecular flexibility index (Phi) is 5.62. The Hall–Kier alpha value is -0.928. The van der Waals surface area contributed by atoms with Gasteiger partial charge in [0.1, 0.15) is 0 Å². The summed E-state index contributed by atoms with van der Waals surface area (Å²) >= 11 is 0. The molecule has 0 aliphatic heterocycles. The molecule has 1 aromatic heterocycles. The Morgan fingerprint density at radius 3 is 2.62 bits per heavy atom. The summed E-state index contributed by atoms with van der Waals surface area (Å²) < 4.78 is 40.4. The number of esters is 1. The molecule has 0 saturated heterocycles. The van der Waals surface area contributed by atoms with Crippen molar-refractivity contribution in [1.82, 2.24) is 4.98 Å². The van der Waals surface area contributed by atoms with Crippen LogP contribution in [0.5, 0.6) is 0 Å². The SMILES string of the molecule is COC(=O)c1ccnc(CC(F)(F)F)c1.[Pd]. The predicted octanol–water partition coefficient (Wildman–Crippen LogP) is 1.97. The molecule has 1 heterocycles. The van der Waals surface area contributed by atoms with Gasteiger partial charge in [0.05, 0.1) is 24.8 Å². The van der Waals surface area contributed by atoms with Crippen molar-refractivity contribution in [2.24, 2.45) is 0 Å². The minimum absolute atomic E-state index is 0. The Balaban J connectivity index is 0.00000225. The number of hydrogen-bond donors (Lipinski definition) is 0. The summed E-state index contributed by atoms with van der Waals surface area (Å²) in [6, 6.07) is 2.37. The van der Waals surface area contributed by atoms with E-state index in [9.17, 15) is 18.0 Å². The van der Waals surface area contributed by atoms with E-state index in [0.717, 1.165) is 19.4 Å². The number of hydrogen-bond acceptors (Lipinski definition) is 3. The summed E-state index contributed by atoms with van der Waals surface area (Å²) in [5, 5.41) is 0. The molecule has 0 aromatic carbocycles. The van der Waals surface area contributed by atoms with Gasteiger partial charge in [0.2, 0.25) is 0 Å². The van der Waals surface area contributed by atoms with Crippen molar-refractivity contribution in [3.05, 3.63) is 29.6 Å². The molecular formula is C9H8F3NO2Pd. The van der Waals surface area contributed by atoms with Gasteiger partial charge in [0.15, 0.2) is 0 Å². The number of aromatic nitrogens is 1. The van der Waals surface area contributed by atoms with Crippen LogP contribution >= 0.6 is 0 Å². The second kappa shape index (κ2) is 5.97. The van der Waals surface area contributed by atoms with Crippen molar-refractivity contribution in [2.45, 2.75) is 12.6 Å². The number of halogens is 3. The van der Waals surface area contributed by atoms with Gasteiger partial charge in [-0.05, 0) is 12.1 Å². The van der Waals surface area contributed by atoms with E-state index in [4.69, 9.17) is 0 Å². The molecule has 0 saturated carbocycles. The van der Waals surface area contributed by atoms with Crippen LogP contribution in [-0.2, 0) is 31.6 Å². The molecule has 3 nitrogen and oxygen atoms in total. The number of pyridine rings is 1. The molecule has 7 heteroatoms. The summed E-state index contributed by atoms with van der Waals surface area (Å²) in [7, 11) is 1.16. The number of rotatable bonds is 2. The first kappa shape index (κ1) is 15.1. The Labute approximate surface area is 104 Å². The maximum absolute atomic E-state index is 12.0. The van der Waals surface area contributed by atoms with Crippen LogP contribution < -0.4 is 0 Å². The Morgan fingerprint density at radius 1 is 1.50 bits per heavy atom. The van der Waals surface area contributed by atoms with Crippen molar-refractivity contribution < 1.29 is 43.1 Å². The molecule has 0 amide bonds. The summed E-state index contributed by atoms with van der Waals surface area (Å²) in [4.78, 5) is 14.5. The van der Waals surface area contributed by atoms with Crippen LogP contribution in [0, 0.1) is 0 Å². The first-order chi connectivity index (χ1) is 6.92. The van der Waals surface area contributed by atoms with Crippen molar-refractivity contribution in [1.29, 1.82) is 0 Å². The van der Waals surface area contributed by atoms with Crippen LogP contribution in [0.3, 0.4) is 0 Å². The Morgan fingerprint density at radius 2 is 2.12 bits per heavy atom. The van der Waals surface area contributed by atoms with Gasteiger partial charge in [-0.2, -0.15) is 13.2 Å². The van der Waals surface area contributed by atoms with Crippen LogP contribution in [0.4, 0.5) is 13.2 Å². The molecule has 0 radical (unpaired) electrons.